The number of carbonyl (C=O) groups excluding carboxylic acids is 1. The number of benzene rings is 1. The molecule has 1 spiro atoms. The number of β-amino-alcohol motifs (C(OH)–C–C–N with tert-alkyl or cyclic N) is 1. The quantitative estimate of drug-likeness (QED) is 0.624. The van der Waals surface area contributed by atoms with Crippen LogP contribution in [0.4, 0.5) is 5.69 Å². The number of hydrogen-bond donors (Lipinski definition) is 2. The van der Waals surface area contributed by atoms with Gasteiger partial charge in [-0.15, -0.1) is 0 Å². The first-order valence-corrected chi connectivity index (χ1v) is 12.2. The molecule has 1 saturated carbocycles. The Morgan fingerprint density at radius 3 is 2.65 bits per heavy atom. The van der Waals surface area contributed by atoms with E-state index in [-0.39, 0.29) is 23.5 Å². The topological polar surface area (TPSA) is 59.1 Å². The van der Waals surface area contributed by atoms with Gasteiger partial charge in [0.1, 0.15) is 6.04 Å². The fourth-order valence-corrected chi connectivity index (χ4v) is 5.37. The van der Waals surface area contributed by atoms with E-state index < -0.39 is 0 Å². The summed E-state index contributed by atoms with van der Waals surface area (Å²) in [6.45, 7) is 6.72. The Balaban J connectivity index is 1.23. The maximum Gasteiger partial charge on any atom is 0.245 e. The Morgan fingerprint density at radius 1 is 1.19 bits per heavy atom. The molecule has 31 heavy (non-hydrogen) atoms. The molecule has 2 heterocycles. The van der Waals surface area contributed by atoms with E-state index in [4.69, 9.17) is 35.4 Å². The van der Waals surface area contributed by atoms with Crippen LogP contribution >= 0.6 is 35.4 Å². The monoisotopic (exact) mass is 484 g/mol. The summed E-state index contributed by atoms with van der Waals surface area (Å²) in [5.74, 6) is 0.0974. The van der Waals surface area contributed by atoms with Gasteiger partial charge in [0.25, 0.3) is 0 Å². The highest BCUT2D eigenvalue weighted by Crippen LogP contribution is 2.53. The SMILES string of the molecule is CC1C(=O)N(CCCN2CCC3(CC3)C(O)C2)CCN1C(=S)Nc1ccc(Cl)c(Cl)c1. The van der Waals surface area contributed by atoms with E-state index in [0.29, 0.717) is 28.2 Å². The highest BCUT2D eigenvalue weighted by molar-refractivity contribution is 7.80. The third kappa shape index (κ3) is 5.11. The number of anilines is 1. The number of hydrogen-bond acceptors (Lipinski definition) is 4. The van der Waals surface area contributed by atoms with Crippen LogP contribution in [0.3, 0.4) is 0 Å². The molecular formula is C22H30Cl2N4O2S. The molecule has 3 fully saturated rings. The van der Waals surface area contributed by atoms with E-state index in [1.165, 1.54) is 12.8 Å². The molecule has 2 atom stereocenters. The molecule has 1 amide bonds. The Morgan fingerprint density at radius 2 is 1.97 bits per heavy atom. The zero-order chi connectivity index (χ0) is 22.2. The molecule has 2 N–H and O–H groups in total. The first-order valence-electron chi connectivity index (χ1n) is 11.0. The minimum Gasteiger partial charge on any atom is -0.391 e. The molecular weight excluding hydrogens is 455 g/mol. The van der Waals surface area contributed by atoms with Crippen LogP contribution in [0.15, 0.2) is 18.2 Å². The van der Waals surface area contributed by atoms with Crippen molar-refractivity contribution in [3.8, 4) is 0 Å². The second kappa shape index (κ2) is 9.40. The van der Waals surface area contributed by atoms with E-state index in [1.807, 2.05) is 22.8 Å². The first-order chi connectivity index (χ1) is 14.8. The molecule has 1 aromatic carbocycles. The summed E-state index contributed by atoms with van der Waals surface area (Å²) in [6.07, 6.45) is 4.20. The number of nitrogens with zero attached hydrogens (tertiary/aromatic N) is 3. The molecule has 6 nitrogen and oxygen atoms in total. The van der Waals surface area contributed by atoms with Gasteiger partial charge in [-0.2, -0.15) is 0 Å². The van der Waals surface area contributed by atoms with E-state index in [0.717, 1.165) is 44.7 Å². The Bertz CT molecular complexity index is 851. The van der Waals surface area contributed by atoms with Crippen LogP contribution in [-0.4, -0.2) is 82.2 Å². The van der Waals surface area contributed by atoms with Crippen molar-refractivity contribution in [3.05, 3.63) is 28.2 Å². The first kappa shape index (κ1) is 23.1. The van der Waals surface area contributed by atoms with Crippen molar-refractivity contribution >= 4 is 52.1 Å². The van der Waals surface area contributed by atoms with Crippen LogP contribution in [0, 0.1) is 5.41 Å². The van der Waals surface area contributed by atoms with E-state index in [1.54, 1.807) is 12.1 Å². The average molecular weight is 485 g/mol. The molecule has 0 bridgehead atoms. The van der Waals surface area contributed by atoms with Crippen LogP contribution in [0.2, 0.25) is 10.0 Å². The predicted molar refractivity (Wildman–Crippen MR) is 129 cm³/mol. The van der Waals surface area contributed by atoms with Crippen LogP contribution in [0.1, 0.15) is 32.6 Å². The third-order valence-electron chi connectivity index (χ3n) is 7.04. The number of thiocarbonyl (C=S) groups is 1. The smallest absolute Gasteiger partial charge is 0.245 e. The molecule has 3 aliphatic rings. The van der Waals surface area contributed by atoms with Crippen molar-refractivity contribution in [2.24, 2.45) is 5.41 Å². The van der Waals surface area contributed by atoms with Gasteiger partial charge in [-0.3, -0.25) is 4.79 Å². The summed E-state index contributed by atoms with van der Waals surface area (Å²) in [5.41, 5.74) is 0.986. The maximum atomic E-state index is 12.9. The van der Waals surface area contributed by atoms with Gasteiger partial charge in [-0.1, -0.05) is 23.2 Å². The van der Waals surface area contributed by atoms with Crippen molar-refractivity contribution < 1.29 is 9.90 Å². The largest absolute Gasteiger partial charge is 0.391 e. The van der Waals surface area contributed by atoms with Crippen molar-refractivity contribution in [1.29, 1.82) is 0 Å². The zero-order valence-electron chi connectivity index (χ0n) is 17.8. The highest BCUT2D eigenvalue weighted by atomic mass is 35.5. The number of piperazine rings is 1. The van der Waals surface area contributed by atoms with Crippen molar-refractivity contribution in [2.75, 3.05) is 44.6 Å². The molecule has 2 aliphatic heterocycles. The summed E-state index contributed by atoms with van der Waals surface area (Å²) >= 11 is 17.6. The van der Waals surface area contributed by atoms with Crippen LogP contribution in [0.5, 0.6) is 0 Å². The summed E-state index contributed by atoms with van der Waals surface area (Å²) in [6, 6.07) is 4.93. The Kier molecular flexibility index (Phi) is 6.99. The zero-order valence-corrected chi connectivity index (χ0v) is 20.1. The van der Waals surface area contributed by atoms with E-state index in [2.05, 4.69) is 10.2 Å². The lowest BCUT2D eigenvalue weighted by Crippen LogP contribution is -2.58. The summed E-state index contributed by atoms with van der Waals surface area (Å²) in [4.78, 5) is 19.1. The number of rotatable bonds is 5. The molecule has 1 aliphatic carbocycles. The number of aliphatic hydroxyl groups is 1. The van der Waals surface area contributed by atoms with Gasteiger partial charge in [-0.25, -0.2) is 0 Å². The number of amides is 1. The van der Waals surface area contributed by atoms with Crippen molar-refractivity contribution in [2.45, 2.75) is 44.8 Å². The van der Waals surface area contributed by atoms with Crippen molar-refractivity contribution in [1.82, 2.24) is 14.7 Å². The van der Waals surface area contributed by atoms with Gasteiger partial charge in [0, 0.05) is 31.9 Å². The lowest BCUT2D eigenvalue weighted by atomic mass is 9.90. The van der Waals surface area contributed by atoms with Crippen LogP contribution in [-0.2, 0) is 4.79 Å². The highest BCUT2D eigenvalue weighted by Gasteiger charge is 2.51. The molecule has 0 aromatic heterocycles. The van der Waals surface area contributed by atoms with E-state index >= 15 is 0 Å². The third-order valence-corrected chi connectivity index (χ3v) is 8.11. The average Bonchev–Trinajstić information content (AvgIpc) is 3.52. The molecule has 4 rings (SSSR count). The fraction of sp³-hybridized carbons (Fsp3) is 0.636. The number of piperidine rings is 1. The number of carbonyl (C=O) groups is 1. The maximum absolute atomic E-state index is 12.9. The number of nitrogens with one attached hydrogen (secondary N) is 1. The number of halogens is 2. The van der Waals surface area contributed by atoms with Gasteiger partial charge in [0.15, 0.2) is 5.11 Å². The molecule has 0 radical (unpaired) electrons. The Labute approximate surface area is 199 Å². The summed E-state index contributed by atoms with van der Waals surface area (Å²) in [7, 11) is 0. The molecule has 9 heteroatoms. The lowest BCUT2D eigenvalue weighted by molar-refractivity contribution is -0.138. The molecule has 2 saturated heterocycles. The van der Waals surface area contributed by atoms with Crippen LogP contribution in [0.25, 0.3) is 0 Å². The summed E-state index contributed by atoms with van der Waals surface area (Å²) in [5, 5.41) is 15.0. The molecule has 1 aromatic rings. The predicted octanol–water partition coefficient (Wildman–Crippen LogP) is 3.46. The normalized spacial score (nSPS) is 25.7. The standard InChI is InChI=1S/C22H30Cl2N4O2S/c1-15-20(30)27(9-2-8-26-10-7-22(5-6-22)19(29)14-26)11-12-28(15)21(31)25-16-3-4-17(23)18(24)13-16/h3-4,13,15,19,29H,2,5-12,14H2,1H3,(H,25,31). The minimum absolute atomic E-state index is 0.0974. The van der Waals surface area contributed by atoms with Gasteiger partial charge < -0.3 is 25.1 Å². The Hall–Kier alpha value is -1.12. The summed E-state index contributed by atoms with van der Waals surface area (Å²) < 4.78 is 0. The fourth-order valence-electron chi connectivity index (χ4n) is 4.71. The lowest BCUT2D eigenvalue weighted by Gasteiger charge is -2.41. The van der Waals surface area contributed by atoms with Gasteiger partial charge in [-0.05, 0) is 81.5 Å². The van der Waals surface area contributed by atoms with Gasteiger partial charge in [0.05, 0.1) is 16.1 Å². The van der Waals surface area contributed by atoms with Crippen molar-refractivity contribution in [3.63, 3.8) is 0 Å². The molecule has 2 unspecified atom stereocenters. The minimum atomic E-state index is -0.317. The van der Waals surface area contributed by atoms with Gasteiger partial charge >= 0.3 is 0 Å². The van der Waals surface area contributed by atoms with Crippen LogP contribution < -0.4 is 5.32 Å². The number of likely N-dealkylation sites (tertiary alicyclic amines) is 1. The van der Waals surface area contributed by atoms with E-state index in [9.17, 15) is 9.90 Å². The second-order valence-corrected chi connectivity index (χ2v) is 10.2. The van der Waals surface area contributed by atoms with Gasteiger partial charge in [0.2, 0.25) is 5.91 Å². The molecule has 170 valence electrons. The number of aliphatic hydroxyl groups excluding tert-OH is 1. The second-order valence-electron chi connectivity index (χ2n) is 9.04.